The minimum absolute atomic E-state index is 0.0228. The SMILES string of the molecule is CC(C)c1nc(COCc2ccccc2)n(Cc2ccccc2)c1S(=O)(=O)Oc1cccc(Cl)c1. The van der Waals surface area contributed by atoms with Crippen molar-refractivity contribution in [3.8, 4) is 5.75 Å². The Morgan fingerprint density at radius 1 is 0.886 bits per heavy atom. The number of hydrogen-bond donors (Lipinski definition) is 0. The minimum Gasteiger partial charge on any atom is -0.378 e. The molecule has 4 aromatic rings. The van der Waals surface area contributed by atoms with Crippen LogP contribution in [0.25, 0.3) is 0 Å². The van der Waals surface area contributed by atoms with E-state index in [0.717, 1.165) is 11.1 Å². The third kappa shape index (κ3) is 6.31. The lowest BCUT2D eigenvalue weighted by Gasteiger charge is -2.15. The van der Waals surface area contributed by atoms with Crippen LogP contribution >= 0.6 is 11.6 Å². The largest absolute Gasteiger partial charge is 0.378 e. The molecule has 0 aliphatic carbocycles. The molecule has 182 valence electrons. The molecule has 3 aromatic carbocycles. The Labute approximate surface area is 211 Å². The second-order valence-electron chi connectivity index (χ2n) is 8.42. The molecule has 6 nitrogen and oxygen atoms in total. The van der Waals surface area contributed by atoms with Crippen molar-refractivity contribution in [2.45, 2.75) is 44.5 Å². The van der Waals surface area contributed by atoms with Crippen molar-refractivity contribution in [2.24, 2.45) is 0 Å². The highest BCUT2D eigenvalue weighted by Crippen LogP contribution is 2.30. The van der Waals surface area contributed by atoms with E-state index in [1.165, 1.54) is 6.07 Å². The quantitative estimate of drug-likeness (QED) is 0.238. The fourth-order valence-corrected chi connectivity index (χ4v) is 5.29. The van der Waals surface area contributed by atoms with Crippen LogP contribution < -0.4 is 4.18 Å². The molecule has 0 saturated carbocycles. The number of imidazole rings is 1. The number of benzene rings is 3. The Morgan fingerprint density at radius 3 is 2.17 bits per heavy atom. The Balaban J connectivity index is 1.73. The van der Waals surface area contributed by atoms with Gasteiger partial charge < -0.3 is 13.5 Å². The second-order valence-corrected chi connectivity index (χ2v) is 10.3. The lowest BCUT2D eigenvalue weighted by Crippen LogP contribution is -2.19. The Hall–Kier alpha value is -3.13. The average molecular weight is 511 g/mol. The van der Waals surface area contributed by atoms with Gasteiger partial charge in [0.15, 0.2) is 5.03 Å². The second kappa shape index (κ2) is 11.1. The van der Waals surface area contributed by atoms with Crippen LogP contribution in [0.4, 0.5) is 0 Å². The molecule has 0 amide bonds. The summed E-state index contributed by atoms with van der Waals surface area (Å²) in [6.07, 6.45) is 0. The first-order chi connectivity index (χ1) is 16.8. The van der Waals surface area contributed by atoms with E-state index < -0.39 is 10.1 Å². The van der Waals surface area contributed by atoms with E-state index >= 15 is 0 Å². The molecule has 0 fully saturated rings. The van der Waals surface area contributed by atoms with Gasteiger partial charge in [0.1, 0.15) is 18.2 Å². The Bertz CT molecular complexity index is 1370. The zero-order valence-corrected chi connectivity index (χ0v) is 21.2. The molecule has 1 heterocycles. The molecule has 0 spiro atoms. The number of rotatable bonds is 10. The van der Waals surface area contributed by atoms with Gasteiger partial charge in [-0.25, -0.2) is 4.98 Å². The van der Waals surface area contributed by atoms with Gasteiger partial charge in [-0.3, -0.25) is 0 Å². The normalized spacial score (nSPS) is 11.7. The summed E-state index contributed by atoms with van der Waals surface area (Å²) in [6.45, 7) is 4.65. The summed E-state index contributed by atoms with van der Waals surface area (Å²) in [4.78, 5) is 4.72. The number of hydrogen-bond acceptors (Lipinski definition) is 5. The standard InChI is InChI=1S/C27H27ClN2O4S/c1-20(2)26-27(35(31,32)34-24-15-9-14-23(28)16-24)30(17-21-10-5-3-6-11-21)25(29-26)19-33-18-22-12-7-4-8-13-22/h3-16,20H,17-19H2,1-2H3. The highest BCUT2D eigenvalue weighted by Gasteiger charge is 2.31. The van der Waals surface area contributed by atoms with Crippen molar-refractivity contribution in [2.75, 3.05) is 0 Å². The predicted octanol–water partition coefficient (Wildman–Crippen LogP) is 6.19. The van der Waals surface area contributed by atoms with Crippen LogP contribution in [0.2, 0.25) is 5.02 Å². The zero-order valence-electron chi connectivity index (χ0n) is 19.6. The van der Waals surface area contributed by atoms with E-state index in [0.29, 0.717) is 29.7 Å². The lowest BCUT2D eigenvalue weighted by atomic mass is 10.1. The Kier molecular flexibility index (Phi) is 7.90. The fourth-order valence-electron chi connectivity index (χ4n) is 3.70. The van der Waals surface area contributed by atoms with Crippen LogP contribution in [0.5, 0.6) is 5.75 Å². The van der Waals surface area contributed by atoms with Crippen LogP contribution in [0.15, 0.2) is 90.0 Å². The van der Waals surface area contributed by atoms with Gasteiger partial charge in [0.05, 0.1) is 18.8 Å². The molecule has 0 N–H and O–H groups in total. The summed E-state index contributed by atoms with van der Waals surface area (Å²) >= 11 is 6.04. The summed E-state index contributed by atoms with van der Waals surface area (Å²) < 4.78 is 40.3. The van der Waals surface area contributed by atoms with Gasteiger partial charge in [0.2, 0.25) is 0 Å². The van der Waals surface area contributed by atoms with Crippen molar-refractivity contribution in [1.29, 1.82) is 0 Å². The molecule has 0 unspecified atom stereocenters. The van der Waals surface area contributed by atoms with Gasteiger partial charge in [-0.2, -0.15) is 8.42 Å². The fraction of sp³-hybridized carbons (Fsp3) is 0.222. The van der Waals surface area contributed by atoms with Crippen molar-refractivity contribution in [1.82, 2.24) is 9.55 Å². The maximum absolute atomic E-state index is 13.6. The van der Waals surface area contributed by atoms with Crippen molar-refractivity contribution < 1.29 is 17.3 Å². The average Bonchev–Trinajstić information content (AvgIpc) is 3.19. The smallest absolute Gasteiger partial charge is 0.357 e. The maximum Gasteiger partial charge on any atom is 0.357 e. The van der Waals surface area contributed by atoms with Gasteiger partial charge >= 0.3 is 10.1 Å². The topological polar surface area (TPSA) is 70.4 Å². The highest BCUT2D eigenvalue weighted by molar-refractivity contribution is 7.87. The molecular formula is C27H27ClN2O4S. The van der Waals surface area contributed by atoms with Crippen LogP contribution in [0.3, 0.4) is 0 Å². The van der Waals surface area contributed by atoms with Crippen LogP contribution in [-0.2, 0) is 34.6 Å². The molecule has 0 bridgehead atoms. The number of aromatic nitrogens is 2. The summed E-state index contributed by atoms with van der Waals surface area (Å²) in [5, 5.41) is 0.407. The number of nitrogens with zero attached hydrogens (tertiary/aromatic N) is 2. The molecule has 1 aromatic heterocycles. The molecule has 0 atom stereocenters. The summed E-state index contributed by atoms with van der Waals surface area (Å²) in [5.74, 6) is 0.496. The molecule has 0 aliphatic heterocycles. The van der Waals surface area contributed by atoms with Crippen molar-refractivity contribution >= 4 is 21.7 Å². The van der Waals surface area contributed by atoms with E-state index in [9.17, 15) is 8.42 Å². The first-order valence-electron chi connectivity index (χ1n) is 11.3. The van der Waals surface area contributed by atoms with Gasteiger partial charge in [-0.05, 0) is 29.2 Å². The summed E-state index contributed by atoms with van der Waals surface area (Å²) in [7, 11) is -4.23. The van der Waals surface area contributed by atoms with E-state index in [2.05, 4.69) is 0 Å². The van der Waals surface area contributed by atoms with Gasteiger partial charge in [-0.1, -0.05) is 92.2 Å². The monoisotopic (exact) mass is 510 g/mol. The third-order valence-electron chi connectivity index (χ3n) is 5.34. The van der Waals surface area contributed by atoms with E-state index in [1.54, 1.807) is 22.8 Å². The first-order valence-corrected chi connectivity index (χ1v) is 13.1. The van der Waals surface area contributed by atoms with Gasteiger partial charge in [0, 0.05) is 11.1 Å². The molecule has 0 radical (unpaired) electrons. The Morgan fingerprint density at radius 2 is 1.54 bits per heavy atom. The molecule has 0 aliphatic rings. The van der Waals surface area contributed by atoms with Gasteiger partial charge in [-0.15, -0.1) is 0 Å². The van der Waals surface area contributed by atoms with E-state index in [1.807, 2.05) is 74.5 Å². The summed E-state index contributed by atoms with van der Waals surface area (Å²) in [5.41, 5.74) is 2.39. The zero-order chi connectivity index (χ0) is 24.8. The van der Waals surface area contributed by atoms with Crippen molar-refractivity contribution in [3.05, 3.63) is 113 Å². The molecule has 8 heteroatoms. The van der Waals surface area contributed by atoms with Crippen LogP contribution in [-0.4, -0.2) is 18.0 Å². The van der Waals surface area contributed by atoms with E-state index in [-0.39, 0.29) is 23.3 Å². The third-order valence-corrected chi connectivity index (χ3v) is 6.89. The lowest BCUT2D eigenvalue weighted by molar-refractivity contribution is 0.0990. The van der Waals surface area contributed by atoms with Crippen LogP contribution in [0, 0.1) is 0 Å². The van der Waals surface area contributed by atoms with Crippen molar-refractivity contribution in [3.63, 3.8) is 0 Å². The van der Waals surface area contributed by atoms with Gasteiger partial charge in [0.25, 0.3) is 0 Å². The predicted molar refractivity (Wildman–Crippen MR) is 136 cm³/mol. The molecule has 4 rings (SSSR count). The summed E-state index contributed by atoms with van der Waals surface area (Å²) in [6, 6.07) is 25.7. The highest BCUT2D eigenvalue weighted by atomic mass is 35.5. The first kappa shape index (κ1) is 25.0. The van der Waals surface area contributed by atoms with Crippen LogP contribution in [0.1, 0.15) is 42.4 Å². The van der Waals surface area contributed by atoms with E-state index in [4.69, 9.17) is 25.5 Å². The molecular weight excluding hydrogens is 484 g/mol. The number of ether oxygens (including phenoxy) is 1. The molecule has 35 heavy (non-hydrogen) atoms. The maximum atomic E-state index is 13.6. The molecule has 0 saturated heterocycles. The minimum atomic E-state index is -4.23. The number of halogens is 1.